The van der Waals surface area contributed by atoms with E-state index in [0.717, 1.165) is 6.92 Å². The van der Waals surface area contributed by atoms with Gasteiger partial charge < -0.3 is 4.43 Å². The van der Waals surface area contributed by atoms with E-state index >= 15 is 0 Å². The van der Waals surface area contributed by atoms with Gasteiger partial charge in [-0.1, -0.05) is 0 Å². The molecular formula is C5H13O3Si. The summed E-state index contributed by atoms with van der Waals surface area (Å²) in [6.07, 6.45) is 0. The first kappa shape index (κ1) is 11.4. The van der Waals surface area contributed by atoms with Gasteiger partial charge in [-0.2, -0.15) is 0 Å². The Morgan fingerprint density at radius 1 is 1.44 bits per heavy atom. The summed E-state index contributed by atoms with van der Waals surface area (Å²) in [4.78, 5) is 8.89. The molecule has 0 rings (SSSR count). The van der Waals surface area contributed by atoms with Gasteiger partial charge in [0.25, 0.3) is 0 Å². The molecule has 3 nitrogen and oxygen atoms in total. The van der Waals surface area contributed by atoms with E-state index in [1.165, 1.54) is 0 Å². The lowest BCUT2D eigenvalue weighted by molar-refractivity contribution is -0.140. The molecule has 0 amide bonds. The molecule has 0 fully saturated rings. The highest BCUT2D eigenvalue weighted by atomic mass is 28.3. The van der Waals surface area contributed by atoms with Gasteiger partial charge in [-0.25, -0.2) is 9.90 Å². The topological polar surface area (TPSA) is 46.2 Å². The first-order chi connectivity index (χ1) is 4.00. The number of carbonyl (C=O) groups excluding carboxylic acids is 1. The number of hydrogen-bond donors (Lipinski definition) is 0. The average Bonchev–Trinajstić information content (AvgIpc) is 1.65. The van der Waals surface area contributed by atoms with Crippen molar-refractivity contribution in [2.45, 2.75) is 20.0 Å². The molecule has 0 spiro atoms. The molecule has 0 aromatic rings. The fourth-order valence-corrected chi connectivity index (χ4v) is 0. The molecule has 0 aliphatic carbocycles. The summed E-state index contributed by atoms with van der Waals surface area (Å²) >= 11 is 0. The van der Waals surface area contributed by atoms with E-state index in [1.807, 2.05) is 0 Å². The Bertz CT molecular complexity index is 68.6. The number of rotatable bonds is 1. The van der Waals surface area contributed by atoms with E-state index in [2.05, 4.69) is 13.1 Å². The lowest BCUT2D eigenvalue weighted by Crippen LogP contribution is -2.00. The van der Waals surface area contributed by atoms with Crippen molar-refractivity contribution >= 4 is 15.0 Å². The molecule has 0 aliphatic rings. The molecule has 0 bridgehead atoms. The molecule has 0 heterocycles. The molecule has 0 aromatic heterocycles. The second-order valence-electron chi connectivity index (χ2n) is 1.78. The third kappa shape index (κ3) is 89.9. The minimum Gasteiger partial charge on any atom is -0.424 e. The first-order valence-electron chi connectivity index (χ1n) is 2.71. The van der Waals surface area contributed by atoms with E-state index < -0.39 is 15.0 Å². The monoisotopic (exact) mass is 149 g/mol. The van der Waals surface area contributed by atoms with Crippen molar-refractivity contribution in [2.75, 3.05) is 7.11 Å². The van der Waals surface area contributed by atoms with Crippen molar-refractivity contribution in [3.63, 3.8) is 0 Å². The van der Waals surface area contributed by atoms with Crippen LogP contribution in [0.25, 0.3) is 0 Å². The summed E-state index contributed by atoms with van der Waals surface area (Å²) in [5.41, 5.74) is 0. The molecule has 0 saturated heterocycles. The molecule has 55 valence electrons. The molecule has 0 N–H and O–H groups in total. The van der Waals surface area contributed by atoms with Crippen LogP contribution in [-0.4, -0.2) is 22.1 Å². The zero-order valence-electron chi connectivity index (χ0n) is 6.30. The minimum atomic E-state index is -1.08. The maximum Gasteiger partial charge on any atom is 0.352 e. The smallest absolute Gasteiger partial charge is 0.352 e. The van der Waals surface area contributed by atoms with Crippen molar-refractivity contribution in [3.8, 4) is 0 Å². The zero-order chi connectivity index (χ0) is 7.86. The summed E-state index contributed by atoms with van der Waals surface area (Å²) in [5, 5.41) is 8.89. The molecule has 9 heavy (non-hydrogen) atoms. The maximum absolute atomic E-state index is 8.89. The molecular weight excluding hydrogens is 136 g/mol. The van der Waals surface area contributed by atoms with Crippen LogP contribution < -0.4 is 0 Å². The molecule has 1 radical (unpaired) electrons. The molecule has 0 unspecified atom stereocenters. The maximum atomic E-state index is 8.89. The third-order valence-corrected chi connectivity index (χ3v) is 1.41. The van der Waals surface area contributed by atoms with Crippen molar-refractivity contribution in [3.05, 3.63) is 0 Å². The summed E-state index contributed by atoms with van der Waals surface area (Å²) in [5.74, 6) is -1.08. The SMILES string of the molecule is CC([O])=O.CO[SiH](C)C. The van der Waals surface area contributed by atoms with Gasteiger partial charge >= 0.3 is 5.97 Å². The predicted molar refractivity (Wildman–Crippen MR) is 37.3 cm³/mol. The molecule has 0 aromatic carbocycles. The fraction of sp³-hybridized carbons (Fsp3) is 0.800. The van der Waals surface area contributed by atoms with E-state index in [9.17, 15) is 0 Å². The van der Waals surface area contributed by atoms with Gasteiger partial charge in [0.15, 0.2) is 9.04 Å². The van der Waals surface area contributed by atoms with Crippen LogP contribution >= 0.6 is 0 Å². The number of carbonyl (C=O) groups is 1. The lowest BCUT2D eigenvalue weighted by atomic mass is 10.9. The largest absolute Gasteiger partial charge is 0.424 e. The van der Waals surface area contributed by atoms with Crippen molar-refractivity contribution in [1.29, 1.82) is 0 Å². The molecule has 0 saturated carbocycles. The molecule has 0 aliphatic heterocycles. The minimum absolute atomic E-state index is 0.650. The second kappa shape index (κ2) is 7.65. The van der Waals surface area contributed by atoms with Crippen molar-refractivity contribution < 1.29 is 14.3 Å². The summed E-state index contributed by atoms with van der Waals surface area (Å²) in [6.45, 7) is 5.25. The summed E-state index contributed by atoms with van der Waals surface area (Å²) in [7, 11) is 1.11. The van der Waals surface area contributed by atoms with Crippen LogP contribution in [0.2, 0.25) is 13.1 Å². The van der Waals surface area contributed by atoms with E-state index in [1.54, 1.807) is 7.11 Å². The summed E-state index contributed by atoms with van der Waals surface area (Å²) in [6, 6.07) is 0. The van der Waals surface area contributed by atoms with Crippen LogP contribution in [0.15, 0.2) is 0 Å². The quantitative estimate of drug-likeness (QED) is 0.512. The highest BCUT2D eigenvalue weighted by molar-refractivity contribution is 6.48. The van der Waals surface area contributed by atoms with Crippen LogP contribution in [-0.2, 0) is 14.3 Å². The van der Waals surface area contributed by atoms with Crippen LogP contribution in [0, 0.1) is 0 Å². The highest BCUT2D eigenvalue weighted by Gasteiger charge is 1.83. The fourth-order valence-electron chi connectivity index (χ4n) is 0. The lowest BCUT2D eigenvalue weighted by Gasteiger charge is -1.92. The van der Waals surface area contributed by atoms with Crippen molar-refractivity contribution in [1.82, 2.24) is 0 Å². The van der Waals surface area contributed by atoms with Gasteiger partial charge in [0, 0.05) is 14.0 Å². The Labute approximate surface area is 57.4 Å². The molecule has 0 atom stereocenters. The Kier molecular flexibility index (Phi) is 9.72. The Morgan fingerprint density at radius 2 is 1.56 bits per heavy atom. The second-order valence-corrected chi connectivity index (χ2v) is 4.34. The number of hydrogen-bond acceptors (Lipinski definition) is 2. The van der Waals surface area contributed by atoms with Gasteiger partial charge in [0.2, 0.25) is 0 Å². The standard InChI is InChI=1S/C3H10OSi.C2H3O2/c1-4-5(2)3;1-2(3)4/h5H,1-3H3;1H3. The van der Waals surface area contributed by atoms with Crippen LogP contribution in [0.1, 0.15) is 6.92 Å². The highest BCUT2D eigenvalue weighted by Crippen LogP contribution is 1.73. The van der Waals surface area contributed by atoms with Crippen LogP contribution in [0.4, 0.5) is 0 Å². The van der Waals surface area contributed by atoms with Gasteiger partial charge in [-0.3, -0.25) is 0 Å². The Morgan fingerprint density at radius 3 is 1.56 bits per heavy atom. The van der Waals surface area contributed by atoms with Gasteiger partial charge in [-0.05, 0) is 13.1 Å². The van der Waals surface area contributed by atoms with Crippen LogP contribution in [0.5, 0.6) is 0 Å². The molecule has 4 heteroatoms. The van der Waals surface area contributed by atoms with Gasteiger partial charge in [0.1, 0.15) is 0 Å². The van der Waals surface area contributed by atoms with Gasteiger partial charge in [-0.15, -0.1) is 0 Å². The van der Waals surface area contributed by atoms with E-state index in [0.29, 0.717) is 0 Å². The predicted octanol–water partition coefficient (Wildman–Crippen LogP) is 0.580. The van der Waals surface area contributed by atoms with E-state index in [4.69, 9.17) is 14.3 Å². The van der Waals surface area contributed by atoms with E-state index in [-0.39, 0.29) is 0 Å². The van der Waals surface area contributed by atoms with Crippen molar-refractivity contribution in [2.24, 2.45) is 0 Å². The normalized spacial score (nSPS) is 8.11. The Balaban J connectivity index is 0. The first-order valence-corrected chi connectivity index (χ1v) is 5.49. The summed E-state index contributed by atoms with van der Waals surface area (Å²) < 4.78 is 4.89. The average molecular weight is 149 g/mol. The van der Waals surface area contributed by atoms with Gasteiger partial charge in [0.05, 0.1) is 0 Å². The Hall–Kier alpha value is -0.353. The van der Waals surface area contributed by atoms with Crippen LogP contribution in [0.3, 0.4) is 0 Å². The third-order valence-electron chi connectivity index (χ3n) is 0.471. The zero-order valence-corrected chi connectivity index (χ0v) is 7.46.